The summed E-state index contributed by atoms with van der Waals surface area (Å²) < 4.78 is 53.1. The van der Waals surface area contributed by atoms with Crippen molar-refractivity contribution in [2.75, 3.05) is 24.7 Å². The minimum Gasteiger partial charge on any atom is -0.326 e. The summed E-state index contributed by atoms with van der Waals surface area (Å²) >= 11 is 1.53. The lowest BCUT2D eigenvalue weighted by Crippen LogP contribution is -2.41. The number of nitrogens with one attached hydrogen (secondary N) is 1. The molecule has 5 nitrogen and oxygen atoms in total. The lowest BCUT2D eigenvalue weighted by atomic mass is 9.97. The van der Waals surface area contributed by atoms with Gasteiger partial charge in [-0.05, 0) is 55.5 Å². The first kappa shape index (κ1) is 20.8. The Balaban J connectivity index is 1.61. The molecule has 3 rings (SSSR count). The van der Waals surface area contributed by atoms with Gasteiger partial charge in [-0.25, -0.2) is 17.2 Å². The van der Waals surface area contributed by atoms with Gasteiger partial charge in [-0.15, -0.1) is 11.8 Å². The second-order valence-electron chi connectivity index (χ2n) is 6.47. The highest BCUT2D eigenvalue weighted by Gasteiger charge is 2.32. The molecule has 1 N–H and O–H groups in total. The first-order chi connectivity index (χ1) is 13.3. The molecule has 0 spiro atoms. The van der Waals surface area contributed by atoms with Gasteiger partial charge in [0.25, 0.3) is 0 Å². The predicted octanol–water partition coefficient (Wildman–Crippen LogP) is 3.73. The molecular formula is C19H20F2N2O3S2. The van der Waals surface area contributed by atoms with E-state index in [1.807, 2.05) is 6.26 Å². The molecule has 0 saturated carbocycles. The molecular weight excluding hydrogens is 406 g/mol. The fourth-order valence-electron chi connectivity index (χ4n) is 3.07. The number of carbonyl (C=O) groups is 1. The Morgan fingerprint density at radius 3 is 2.29 bits per heavy atom. The zero-order valence-corrected chi connectivity index (χ0v) is 16.8. The molecule has 0 bridgehead atoms. The minimum absolute atomic E-state index is 0.174. The molecule has 1 saturated heterocycles. The number of nitrogens with zero attached hydrogens (tertiary/aromatic N) is 1. The van der Waals surface area contributed by atoms with Gasteiger partial charge in [0.2, 0.25) is 15.9 Å². The second kappa shape index (κ2) is 8.59. The smallest absolute Gasteiger partial charge is 0.243 e. The lowest BCUT2D eigenvalue weighted by Gasteiger charge is -2.30. The molecule has 0 radical (unpaired) electrons. The number of hydrogen-bond donors (Lipinski definition) is 1. The van der Waals surface area contributed by atoms with E-state index < -0.39 is 27.6 Å². The van der Waals surface area contributed by atoms with Crippen LogP contribution in [0.3, 0.4) is 0 Å². The van der Waals surface area contributed by atoms with Crippen molar-refractivity contribution in [2.24, 2.45) is 5.92 Å². The van der Waals surface area contributed by atoms with Crippen molar-refractivity contribution in [3.63, 3.8) is 0 Å². The third-order valence-corrected chi connectivity index (χ3v) is 7.37. The van der Waals surface area contributed by atoms with Crippen molar-refractivity contribution in [2.45, 2.75) is 22.6 Å². The molecule has 2 aromatic carbocycles. The summed E-state index contributed by atoms with van der Waals surface area (Å²) in [6.07, 6.45) is 2.63. The van der Waals surface area contributed by atoms with Crippen LogP contribution in [0.5, 0.6) is 0 Å². The van der Waals surface area contributed by atoms with E-state index in [9.17, 15) is 22.0 Å². The van der Waals surface area contributed by atoms with Crippen molar-refractivity contribution >= 4 is 33.4 Å². The van der Waals surface area contributed by atoms with Gasteiger partial charge in [-0.2, -0.15) is 4.31 Å². The van der Waals surface area contributed by atoms with E-state index in [1.165, 1.54) is 22.1 Å². The van der Waals surface area contributed by atoms with Gasteiger partial charge < -0.3 is 5.32 Å². The lowest BCUT2D eigenvalue weighted by molar-refractivity contribution is -0.120. The van der Waals surface area contributed by atoms with Crippen LogP contribution in [0, 0.1) is 17.6 Å². The molecule has 150 valence electrons. The van der Waals surface area contributed by atoms with Crippen molar-refractivity contribution in [3.05, 3.63) is 54.1 Å². The zero-order chi connectivity index (χ0) is 20.3. The van der Waals surface area contributed by atoms with Crippen LogP contribution < -0.4 is 5.32 Å². The van der Waals surface area contributed by atoms with Gasteiger partial charge in [-0.3, -0.25) is 4.79 Å². The molecule has 1 amide bonds. The van der Waals surface area contributed by atoms with Crippen LogP contribution in [0.25, 0.3) is 0 Å². The number of piperidine rings is 1. The standard InChI is InChI=1S/C19H20F2N2O3S2/c1-27-15-3-5-16(6-4-15)28(25,26)23-10-8-13(9-11-23)19(24)22-14-2-7-17(20)18(21)12-14/h2-7,12-13H,8-11H2,1H3,(H,22,24). The molecule has 1 fully saturated rings. The monoisotopic (exact) mass is 426 g/mol. The van der Waals surface area contributed by atoms with E-state index in [0.29, 0.717) is 12.8 Å². The third-order valence-electron chi connectivity index (χ3n) is 4.71. The van der Waals surface area contributed by atoms with E-state index in [-0.39, 0.29) is 29.6 Å². The maximum Gasteiger partial charge on any atom is 0.243 e. The average molecular weight is 427 g/mol. The number of halogens is 2. The fraction of sp³-hybridized carbons (Fsp3) is 0.316. The van der Waals surface area contributed by atoms with Crippen LogP contribution in [-0.2, 0) is 14.8 Å². The summed E-state index contributed by atoms with van der Waals surface area (Å²) in [4.78, 5) is 13.6. The van der Waals surface area contributed by atoms with Crippen molar-refractivity contribution in [1.82, 2.24) is 4.31 Å². The number of hydrogen-bond acceptors (Lipinski definition) is 4. The summed E-state index contributed by atoms with van der Waals surface area (Å²) in [5.74, 6) is -2.74. The minimum atomic E-state index is -3.60. The van der Waals surface area contributed by atoms with Crippen LogP contribution in [0.15, 0.2) is 52.3 Å². The van der Waals surface area contributed by atoms with E-state index in [4.69, 9.17) is 0 Å². The number of amides is 1. The van der Waals surface area contributed by atoms with Crippen LogP contribution in [0.1, 0.15) is 12.8 Å². The Kier molecular flexibility index (Phi) is 6.36. The topological polar surface area (TPSA) is 66.5 Å². The highest BCUT2D eigenvalue weighted by molar-refractivity contribution is 7.98. The quantitative estimate of drug-likeness (QED) is 0.740. The molecule has 0 atom stereocenters. The van der Waals surface area contributed by atoms with E-state index in [1.54, 1.807) is 24.3 Å². The number of carbonyl (C=O) groups excluding carboxylic acids is 1. The van der Waals surface area contributed by atoms with Gasteiger partial charge in [0, 0.05) is 35.7 Å². The predicted molar refractivity (Wildman–Crippen MR) is 105 cm³/mol. The van der Waals surface area contributed by atoms with Gasteiger partial charge in [0.1, 0.15) is 0 Å². The molecule has 28 heavy (non-hydrogen) atoms. The molecule has 0 aromatic heterocycles. The van der Waals surface area contributed by atoms with Crippen LogP contribution >= 0.6 is 11.8 Å². The fourth-order valence-corrected chi connectivity index (χ4v) is 4.95. The summed E-state index contributed by atoms with van der Waals surface area (Å²) in [6, 6.07) is 9.85. The number of sulfonamides is 1. The number of anilines is 1. The summed E-state index contributed by atoms with van der Waals surface area (Å²) in [5, 5.41) is 2.56. The van der Waals surface area contributed by atoms with E-state index in [0.717, 1.165) is 17.0 Å². The van der Waals surface area contributed by atoms with Crippen LogP contribution in [-0.4, -0.2) is 38.0 Å². The first-order valence-corrected chi connectivity index (χ1v) is 11.4. The largest absolute Gasteiger partial charge is 0.326 e. The Bertz CT molecular complexity index is 958. The van der Waals surface area contributed by atoms with Crippen molar-refractivity contribution < 1.29 is 22.0 Å². The number of rotatable bonds is 5. The van der Waals surface area contributed by atoms with Gasteiger partial charge >= 0.3 is 0 Å². The average Bonchev–Trinajstić information content (AvgIpc) is 2.71. The van der Waals surface area contributed by atoms with Gasteiger partial charge in [-0.1, -0.05) is 0 Å². The van der Waals surface area contributed by atoms with Gasteiger partial charge in [0.15, 0.2) is 11.6 Å². The normalized spacial score (nSPS) is 16.1. The molecule has 0 aliphatic carbocycles. The molecule has 2 aromatic rings. The molecule has 0 unspecified atom stereocenters. The molecule has 1 aliphatic rings. The van der Waals surface area contributed by atoms with Crippen molar-refractivity contribution in [1.29, 1.82) is 0 Å². The zero-order valence-electron chi connectivity index (χ0n) is 15.2. The summed E-state index contributed by atoms with van der Waals surface area (Å²) in [7, 11) is -3.60. The molecule has 1 heterocycles. The van der Waals surface area contributed by atoms with Crippen LogP contribution in [0.4, 0.5) is 14.5 Å². The maximum absolute atomic E-state index is 13.3. The van der Waals surface area contributed by atoms with Crippen LogP contribution in [0.2, 0.25) is 0 Å². The number of thioether (sulfide) groups is 1. The first-order valence-electron chi connectivity index (χ1n) is 8.71. The Morgan fingerprint density at radius 2 is 1.71 bits per heavy atom. The maximum atomic E-state index is 13.3. The van der Waals surface area contributed by atoms with E-state index in [2.05, 4.69) is 5.32 Å². The third kappa shape index (κ3) is 4.53. The highest BCUT2D eigenvalue weighted by Crippen LogP contribution is 2.26. The Labute approximate surface area is 167 Å². The molecule has 9 heteroatoms. The molecule has 1 aliphatic heterocycles. The Hall–Kier alpha value is -1.97. The van der Waals surface area contributed by atoms with Crippen molar-refractivity contribution in [3.8, 4) is 0 Å². The second-order valence-corrected chi connectivity index (χ2v) is 9.29. The SMILES string of the molecule is CSc1ccc(S(=O)(=O)N2CCC(C(=O)Nc3ccc(F)c(F)c3)CC2)cc1. The van der Waals surface area contributed by atoms with Gasteiger partial charge in [0.05, 0.1) is 4.90 Å². The number of benzene rings is 2. The summed E-state index contributed by atoms with van der Waals surface area (Å²) in [6.45, 7) is 0.449. The summed E-state index contributed by atoms with van der Waals surface area (Å²) in [5.41, 5.74) is 0.174. The van der Waals surface area contributed by atoms with E-state index >= 15 is 0 Å². The Morgan fingerprint density at radius 1 is 1.07 bits per heavy atom. The highest BCUT2D eigenvalue weighted by atomic mass is 32.2.